The SMILES string of the molecule is O=C(O)C[C@@H]1CCCN(c2cn[nH]c(=O)c2)C1. The number of rotatable bonds is 3. The predicted molar refractivity (Wildman–Crippen MR) is 62.0 cm³/mol. The summed E-state index contributed by atoms with van der Waals surface area (Å²) >= 11 is 0. The number of anilines is 1. The summed E-state index contributed by atoms with van der Waals surface area (Å²) in [4.78, 5) is 23.9. The first-order chi connectivity index (χ1) is 8.15. The molecule has 6 heteroatoms. The molecular weight excluding hydrogens is 222 g/mol. The molecular formula is C11H15N3O3. The molecule has 0 radical (unpaired) electrons. The Morgan fingerprint density at radius 2 is 2.47 bits per heavy atom. The smallest absolute Gasteiger partial charge is 0.303 e. The summed E-state index contributed by atoms with van der Waals surface area (Å²) < 4.78 is 0. The number of aromatic nitrogens is 2. The average Bonchev–Trinajstić information content (AvgIpc) is 2.28. The van der Waals surface area contributed by atoms with Crippen molar-refractivity contribution in [3.63, 3.8) is 0 Å². The van der Waals surface area contributed by atoms with Gasteiger partial charge < -0.3 is 10.0 Å². The van der Waals surface area contributed by atoms with Gasteiger partial charge in [-0.15, -0.1) is 0 Å². The van der Waals surface area contributed by atoms with E-state index in [1.807, 2.05) is 4.90 Å². The van der Waals surface area contributed by atoms with E-state index < -0.39 is 5.97 Å². The van der Waals surface area contributed by atoms with E-state index in [0.29, 0.717) is 6.54 Å². The Bertz CT molecular complexity index is 457. The van der Waals surface area contributed by atoms with Crippen molar-refractivity contribution in [2.24, 2.45) is 5.92 Å². The lowest BCUT2D eigenvalue weighted by atomic mass is 9.94. The fourth-order valence-corrected chi connectivity index (χ4v) is 2.25. The standard InChI is InChI=1S/C11H15N3O3/c15-10-5-9(6-12-13-10)14-3-1-2-8(7-14)4-11(16)17/h5-6,8H,1-4,7H2,(H,13,15)(H,16,17)/t8-/m0/s1. The lowest BCUT2D eigenvalue weighted by molar-refractivity contribution is -0.138. The molecule has 0 saturated carbocycles. The van der Waals surface area contributed by atoms with Gasteiger partial charge in [-0.3, -0.25) is 9.59 Å². The second kappa shape index (κ2) is 4.99. The van der Waals surface area contributed by atoms with Gasteiger partial charge in [-0.1, -0.05) is 0 Å². The first-order valence-electron chi connectivity index (χ1n) is 5.66. The molecule has 1 atom stereocenters. The highest BCUT2D eigenvalue weighted by Crippen LogP contribution is 2.23. The molecule has 1 aromatic rings. The largest absolute Gasteiger partial charge is 0.481 e. The Morgan fingerprint density at radius 3 is 3.18 bits per heavy atom. The third-order valence-corrected chi connectivity index (χ3v) is 3.00. The highest BCUT2D eigenvalue weighted by molar-refractivity contribution is 5.67. The maximum absolute atomic E-state index is 11.2. The van der Waals surface area contributed by atoms with Crippen LogP contribution in [-0.4, -0.2) is 34.4 Å². The van der Waals surface area contributed by atoms with Crippen LogP contribution < -0.4 is 10.5 Å². The van der Waals surface area contributed by atoms with Gasteiger partial charge in [0.05, 0.1) is 11.9 Å². The van der Waals surface area contributed by atoms with Crippen molar-refractivity contribution >= 4 is 11.7 Å². The van der Waals surface area contributed by atoms with Crippen LogP contribution in [0, 0.1) is 5.92 Å². The highest BCUT2D eigenvalue weighted by Gasteiger charge is 2.22. The lowest BCUT2D eigenvalue weighted by Crippen LogP contribution is -2.36. The molecule has 6 nitrogen and oxygen atoms in total. The Kier molecular flexibility index (Phi) is 3.41. The number of aromatic amines is 1. The van der Waals surface area contributed by atoms with E-state index in [1.165, 1.54) is 6.07 Å². The van der Waals surface area contributed by atoms with Crippen LogP contribution >= 0.6 is 0 Å². The zero-order chi connectivity index (χ0) is 12.3. The summed E-state index contributed by atoms with van der Waals surface area (Å²) in [5.74, 6) is -0.610. The van der Waals surface area contributed by atoms with Crippen LogP contribution in [0.3, 0.4) is 0 Å². The van der Waals surface area contributed by atoms with Crippen LogP contribution in [0.25, 0.3) is 0 Å². The minimum absolute atomic E-state index is 0.153. The summed E-state index contributed by atoms with van der Waals surface area (Å²) in [6, 6.07) is 1.50. The molecule has 1 aliphatic rings. The van der Waals surface area contributed by atoms with Crippen LogP contribution in [0.15, 0.2) is 17.1 Å². The van der Waals surface area contributed by atoms with Crippen LogP contribution in [0.4, 0.5) is 5.69 Å². The number of nitrogens with zero attached hydrogens (tertiary/aromatic N) is 2. The minimum atomic E-state index is -0.763. The van der Waals surface area contributed by atoms with Gasteiger partial charge in [0.1, 0.15) is 0 Å². The van der Waals surface area contributed by atoms with Gasteiger partial charge in [-0.2, -0.15) is 5.10 Å². The van der Waals surface area contributed by atoms with Crippen molar-refractivity contribution in [2.75, 3.05) is 18.0 Å². The monoisotopic (exact) mass is 237 g/mol. The van der Waals surface area contributed by atoms with Crippen molar-refractivity contribution in [1.29, 1.82) is 0 Å². The molecule has 92 valence electrons. The second-order valence-electron chi connectivity index (χ2n) is 4.36. The van der Waals surface area contributed by atoms with Crippen molar-refractivity contribution in [1.82, 2.24) is 10.2 Å². The summed E-state index contributed by atoms with van der Waals surface area (Å²) in [5.41, 5.74) is 0.534. The van der Waals surface area contributed by atoms with E-state index in [1.54, 1.807) is 6.20 Å². The van der Waals surface area contributed by atoms with E-state index in [2.05, 4.69) is 10.2 Å². The molecule has 1 saturated heterocycles. The predicted octanol–water partition coefficient (Wildman–Crippen LogP) is 0.461. The minimum Gasteiger partial charge on any atom is -0.481 e. The Morgan fingerprint density at radius 1 is 1.65 bits per heavy atom. The van der Waals surface area contributed by atoms with E-state index in [-0.39, 0.29) is 17.9 Å². The molecule has 0 amide bonds. The van der Waals surface area contributed by atoms with Gasteiger partial charge >= 0.3 is 5.97 Å². The van der Waals surface area contributed by atoms with Crippen LogP contribution in [-0.2, 0) is 4.79 Å². The van der Waals surface area contributed by atoms with Gasteiger partial charge in [0, 0.05) is 25.6 Å². The number of aliphatic carboxylic acids is 1. The van der Waals surface area contributed by atoms with E-state index in [4.69, 9.17) is 5.11 Å². The van der Waals surface area contributed by atoms with Crippen LogP contribution in [0.1, 0.15) is 19.3 Å². The molecule has 1 fully saturated rings. The number of carboxylic acids is 1. The third-order valence-electron chi connectivity index (χ3n) is 3.00. The number of H-pyrrole nitrogens is 1. The molecule has 0 aromatic carbocycles. The van der Waals surface area contributed by atoms with Gasteiger partial charge in [0.2, 0.25) is 0 Å². The first kappa shape index (κ1) is 11.6. The van der Waals surface area contributed by atoms with Crippen molar-refractivity contribution in [3.05, 3.63) is 22.6 Å². The molecule has 1 aromatic heterocycles. The van der Waals surface area contributed by atoms with Gasteiger partial charge in [0.25, 0.3) is 5.56 Å². The second-order valence-corrected chi connectivity index (χ2v) is 4.36. The molecule has 0 bridgehead atoms. The fraction of sp³-hybridized carbons (Fsp3) is 0.545. The molecule has 0 unspecified atom stereocenters. The highest BCUT2D eigenvalue weighted by atomic mass is 16.4. The number of hydrogen-bond acceptors (Lipinski definition) is 4. The summed E-state index contributed by atoms with van der Waals surface area (Å²) in [5, 5.41) is 14.9. The maximum atomic E-state index is 11.2. The number of nitrogens with one attached hydrogen (secondary N) is 1. The molecule has 1 aliphatic heterocycles. The zero-order valence-corrected chi connectivity index (χ0v) is 9.43. The molecule has 2 heterocycles. The zero-order valence-electron chi connectivity index (χ0n) is 9.43. The first-order valence-corrected chi connectivity index (χ1v) is 5.66. The number of carbonyl (C=O) groups is 1. The van der Waals surface area contributed by atoms with E-state index in [0.717, 1.165) is 25.1 Å². The van der Waals surface area contributed by atoms with Crippen LogP contribution in [0.5, 0.6) is 0 Å². The summed E-state index contributed by atoms with van der Waals surface area (Å²) in [7, 11) is 0. The third kappa shape index (κ3) is 3.05. The Balaban J connectivity index is 2.06. The van der Waals surface area contributed by atoms with E-state index in [9.17, 15) is 9.59 Å². The average molecular weight is 237 g/mol. The Hall–Kier alpha value is -1.85. The molecule has 2 rings (SSSR count). The molecule has 0 aliphatic carbocycles. The normalized spacial score (nSPS) is 20.2. The number of hydrogen-bond donors (Lipinski definition) is 2. The molecule has 0 spiro atoms. The maximum Gasteiger partial charge on any atom is 0.303 e. The van der Waals surface area contributed by atoms with Crippen molar-refractivity contribution < 1.29 is 9.90 Å². The number of piperidine rings is 1. The van der Waals surface area contributed by atoms with Crippen molar-refractivity contribution in [3.8, 4) is 0 Å². The molecule has 17 heavy (non-hydrogen) atoms. The fourth-order valence-electron chi connectivity index (χ4n) is 2.25. The lowest BCUT2D eigenvalue weighted by Gasteiger charge is -2.33. The van der Waals surface area contributed by atoms with Gasteiger partial charge in [-0.25, -0.2) is 5.10 Å². The van der Waals surface area contributed by atoms with Gasteiger partial charge in [0.15, 0.2) is 0 Å². The van der Waals surface area contributed by atoms with E-state index >= 15 is 0 Å². The van der Waals surface area contributed by atoms with Gasteiger partial charge in [-0.05, 0) is 18.8 Å². The quantitative estimate of drug-likeness (QED) is 0.797. The van der Waals surface area contributed by atoms with Crippen molar-refractivity contribution in [2.45, 2.75) is 19.3 Å². The summed E-state index contributed by atoms with van der Waals surface area (Å²) in [6.45, 7) is 1.53. The molecule has 2 N–H and O–H groups in total. The topological polar surface area (TPSA) is 86.3 Å². The number of carboxylic acid groups (broad SMARTS) is 1. The summed E-state index contributed by atoms with van der Waals surface area (Å²) in [6.07, 6.45) is 3.67. The van der Waals surface area contributed by atoms with Crippen LogP contribution in [0.2, 0.25) is 0 Å². The Labute approximate surface area is 98.3 Å².